The number of phenolic OH excluding ortho intramolecular Hbond substituents is 1. The van der Waals surface area contributed by atoms with Gasteiger partial charge in [0.05, 0.1) is 6.61 Å². The van der Waals surface area contributed by atoms with E-state index in [0.29, 0.717) is 17.1 Å². The summed E-state index contributed by atoms with van der Waals surface area (Å²) >= 11 is 0. The van der Waals surface area contributed by atoms with E-state index in [9.17, 15) is 5.11 Å². The highest BCUT2D eigenvalue weighted by molar-refractivity contribution is 5.55. The Morgan fingerprint density at radius 2 is 2.31 bits per heavy atom. The Labute approximate surface area is 74.6 Å². The molecule has 3 N–H and O–H groups in total. The summed E-state index contributed by atoms with van der Waals surface area (Å²) in [5, 5.41) is 9.60. The van der Waals surface area contributed by atoms with Crippen LogP contribution >= 0.6 is 0 Å². The van der Waals surface area contributed by atoms with Gasteiger partial charge in [0.25, 0.3) is 0 Å². The van der Waals surface area contributed by atoms with Crippen LogP contribution in [0.5, 0.6) is 17.2 Å². The van der Waals surface area contributed by atoms with E-state index in [-0.39, 0.29) is 19.1 Å². The summed E-state index contributed by atoms with van der Waals surface area (Å²) in [5.41, 5.74) is 0.576. The van der Waals surface area contributed by atoms with Gasteiger partial charge in [0.2, 0.25) is 12.5 Å². The first-order valence-corrected chi connectivity index (χ1v) is 3.75. The van der Waals surface area contributed by atoms with E-state index in [1.54, 1.807) is 12.1 Å². The van der Waals surface area contributed by atoms with Crippen molar-refractivity contribution in [3.63, 3.8) is 0 Å². The Morgan fingerprint density at radius 3 is 3.08 bits per heavy atom. The van der Waals surface area contributed by atoms with Gasteiger partial charge in [0.15, 0.2) is 11.5 Å². The normalized spacial score (nSPS) is 13.3. The van der Waals surface area contributed by atoms with E-state index < -0.39 is 0 Å². The zero-order valence-electron chi connectivity index (χ0n) is 6.82. The Bertz CT molecular complexity index is 326. The predicted molar refractivity (Wildman–Crippen MR) is 43.2 cm³/mol. The number of fused-ring (bicyclic) bond motifs is 1. The molecule has 5 heteroatoms. The third kappa shape index (κ3) is 1.28. The minimum atomic E-state index is 0.0282. The molecule has 0 unspecified atom stereocenters. The van der Waals surface area contributed by atoms with E-state index in [1.165, 1.54) is 0 Å². The molecule has 1 aliphatic heterocycles. The van der Waals surface area contributed by atoms with Crippen LogP contribution in [0.2, 0.25) is 0 Å². The van der Waals surface area contributed by atoms with Gasteiger partial charge in [-0.25, -0.2) is 5.90 Å². The molecule has 0 saturated carbocycles. The number of rotatable bonds is 2. The molecule has 0 saturated heterocycles. The molecule has 13 heavy (non-hydrogen) atoms. The number of hydrogen-bond acceptors (Lipinski definition) is 5. The highest BCUT2D eigenvalue weighted by Crippen LogP contribution is 2.42. The molecule has 0 bridgehead atoms. The minimum absolute atomic E-state index is 0.0282. The second-order valence-corrected chi connectivity index (χ2v) is 2.62. The van der Waals surface area contributed by atoms with Crippen molar-refractivity contribution in [2.75, 3.05) is 6.79 Å². The zero-order chi connectivity index (χ0) is 9.26. The largest absolute Gasteiger partial charge is 0.504 e. The Kier molecular flexibility index (Phi) is 1.96. The summed E-state index contributed by atoms with van der Waals surface area (Å²) in [5.74, 6) is 5.82. The lowest BCUT2D eigenvalue weighted by molar-refractivity contribution is 0.121. The van der Waals surface area contributed by atoms with Crippen molar-refractivity contribution in [3.8, 4) is 17.2 Å². The molecule has 2 rings (SSSR count). The second kappa shape index (κ2) is 3.12. The smallest absolute Gasteiger partial charge is 0.231 e. The predicted octanol–water partition coefficient (Wildman–Crippen LogP) is 0.511. The molecule has 0 spiro atoms. The van der Waals surface area contributed by atoms with Crippen molar-refractivity contribution in [1.82, 2.24) is 0 Å². The summed E-state index contributed by atoms with van der Waals surface area (Å²) in [4.78, 5) is 4.41. The monoisotopic (exact) mass is 183 g/mol. The van der Waals surface area contributed by atoms with E-state index in [0.717, 1.165) is 0 Å². The SMILES string of the molecule is NOCc1ccc2c(c1O)OCO2. The molecule has 1 aromatic rings. The number of hydrogen-bond donors (Lipinski definition) is 2. The summed E-state index contributed by atoms with van der Waals surface area (Å²) in [7, 11) is 0. The van der Waals surface area contributed by atoms with Crippen molar-refractivity contribution in [2.24, 2.45) is 5.90 Å². The summed E-state index contributed by atoms with van der Waals surface area (Å²) < 4.78 is 10.1. The highest BCUT2D eigenvalue weighted by Gasteiger charge is 2.20. The van der Waals surface area contributed by atoms with E-state index in [4.69, 9.17) is 15.4 Å². The van der Waals surface area contributed by atoms with E-state index >= 15 is 0 Å². The number of nitrogens with two attached hydrogens (primary N) is 1. The van der Waals surface area contributed by atoms with Crippen LogP contribution in [0.25, 0.3) is 0 Å². The van der Waals surface area contributed by atoms with Crippen LogP contribution in [-0.4, -0.2) is 11.9 Å². The molecule has 1 aliphatic rings. The lowest BCUT2D eigenvalue weighted by Crippen LogP contribution is -1.99. The standard InChI is InChI=1S/C8H9NO4/c9-13-3-5-1-2-6-8(7(5)10)12-4-11-6/h1-2,10H,3-4,9H2. The molecular weight excluding hydrogens is 174 g/mol. The van der Waals surface area contributed by atoms with Gasteiger partial charge >= 0.3 is 0 Å². The highest BCUT2D eigenvalue weighted by atomic mass is 16.7. The second-order valence-electron chi connectivity index (χ2n) is 2.62. The molecule has 0 amide bonds. The average Bonchev–Trinajstić information content (AvgIpc) is 2.58. The minimum Gasteiger partial charge on any atom is -0.504 e. The zero-order valence-corrected chi connectivity index (χ0v) is 6.82. The number of aromatic hydroxyl groups is 1. The maximum Gasteiger partial charge on any atom is 0.231 e. The van der Waals surface area contributed by atoms with E-state index in [2.05, 4.69) is 4.84 Å². The molecule has 0 fully saturated rings. The van der Waals surface area contributed by atoms with Crippen LogP contribution in [0.3, 0.4) is 0 Å². The molecule has 1 heterocycles. The maximum absolute atomic E-state index is 9.60. The van der Waals surface area contributed by atoms with Gasteiger partial charge in [-0.05, 0) is 12.1 Å². The van der Waals surface area contributed by atoms with Crippen LogP contribution < -0.4 is 15.4 Å². The number of phenols is 1. The lowest BCUT2D eigenvalue weighted by atomic mass is 10.2. The van der Waals surface area contributed by atoms with Gasteiger partial charge in [0.1, 0.15) is 0 Å². The fourth-order valence-corrected chi connectivity index (χ4v) is 1.20. The van der Waals surface area contributed by atoms with Crippen LogP contribution in [0.4, 0.5) is 0 Å². The summed E-state index contributed by atoms with van der Waals surface area (Å²) in [6.45, 7) is 0.276. The molecule has 0 aromatic heterocycles. The van der Waals surface area contributed by atoms with Crippen molar-refractivity contribution in [1.29, 1.82) is 0 Å². The third-order valence-corrected chi connectivity index (χ3v) is 1.84. The fourth-order valence-electron chi connectivity index (χ4n) is 1.20. The Morgan fingerprint density at radius 1 is 1.46 bits per heavy atom. The average molecular weight is 183 g/mol. The fraction of sp³-hybridized carbons (Fsp3) is 0.250. The van der Waals surface area contributed by atoms with Crippen LogP contribution in [0.15, 0.2) is 12.1 Å². The van der Waals surface area contributed by atoms with Gasteiger partial charge in [-0.15, -0.1) is 0 Å². The van der Waals surface area contributed by atoms with Gasteiger partial charge in [-0.3, -0.25) is 4.84 Å². The van der Waals surface area contributed by atoms with Gasteiger partial charge in [-0.2, -0.15) is 0 Å². The van der Waals surface area contributed by atoms with Crippen molar-refractivity contribution in [3.05, 3.63) is 17.7 Å². The van der Waals surface area contributed by atoms with Gasteiger partial charge in [0, 0.05) is 5.56 Å². The summed E-state index contributed by atoms with van der Waals surface area (Å²) in [6.07, 6.45) is 0. The molecule has 1 aromatic carbocycles. The van der Waals surface area contributed by atoms with Gasteiger partial charge in [-0.1, -0.05) is 0 Å². The Balaban J connectivity index is 2.40. The van der Waals surface area contributed by atoms with Crippen molar-refractivity contribution < 1.29 is 19.4 Å². The quantitative estimate of drug-likeness (QED) is 0.653. The van der Waals surface area contributed by atoms with E-state index in [1.807, 2.05) is 0 Å². The Hall–Kier alpha value is -1.46. The lowest BCUT2D eigenvalue weighted by Gasteiger charge is -2.04. The molecule has 0 atom stereocenters. The first-order valence-electron chi connectivity index (χ1n) is 3.75. The number of benzene rings is 1. The molecule has 5 nitrogen and oxygen atoms in total. The number of ether oxygens (including phenoxy) is 2. The summed E-state index contributed by atoms with van der Waals surface area (Å²) in [6, 6.07) is 3.38. The molecule has 0 aliphatic carbocycles. The topological polar surface area (TPSA) is 73.9 Å². The maximum atomic E-state index is 9.60. The first kappa shape index (κ1) is 8.15. The molecular formula is C8H9NO4. The molecule has 0 radical (unpaired) electrons. The van der Waals surface area contributed by atoms with Crippen molar-refractivity contribution >= 4 is 0 Å². The van der Waals surface area contributed by atoms with Crippen LogP contribution in [0, 0.1) is 0 Å². The van der Waals surface area contributed by atoms with Crippen molar-refractivity contribution in [2.45, 2.75) is 6.61 Å². The molecule has 70 valence electrons. The van der Waals surface area contributed by atoms with Crippen LogP contribution in [-0.2, 0) is 11.4 Å². The first-order chi connectivity index (χ1) is 6.33. The van der Waals surface area contributed by atoms with Gasteiger partial charge < -0.3 is 14.6 Å². The third-order valence-electron chi connectivity index (χ3n) is 1.84. The van der Waals surface area contributed by atoms with Crippen LogP contribution in [0.1, 0.15) is 5.56 Å².